The number of carbonyl (C=O) groups excluding carboxylic acids is 3. The molecule has 1 unspecified atom stereocenters. The Hall–Kier alpha value is -3.39. The number of anilines is 2. The zero-order chi connectivity index (χ0) is 24.5. The molecule has 0 bridgehead atoms. The first-order chi connectivity index (χ1) is 17.1. The molecule has 2 aromatic rings. The summed E-state index contributed by atoms with van der Waals surface area (Å²) in [6, 6.07) is 14.2. The normalized spacial score (nSPS) is 18.0. The van der Waals surface area contributed by atoms with E-state index in [2.05, 4.69) is 21.3 Å². The summed E-state index contributed by atoms with van der Waals surface area (Å²) in [6.07, 6.45) is 7.65. The largest absolute Gasteiger partial charge is 0.376 e. The average molecular weight is 479 g/mol. The number of hydrogen-bond donors (Lipinski definition) is 4. The fourth-order valence-electron chi connectivity index (χ4n) is 4.53. The molecule has 1 saturated heterocycles. The topological polar surface area (TPSA) is 109 Å². The molecule has 2 fully saturated rings. The lowest BCUT2D eigenvalue weighted by Crippen LogP contribution is -2.36. The van der Waals surface area contributed by atoms with E-state index in [1.165, 1.54) is 6.42 Å². The van der Waals surface area contributed by atoms with E-state index in [9.17, 15) is 14.4 Å². The van der Waals surface area contributed by atoms with E-state index in [1.807, 2.05) is 0 Å². The fourth-order valence-corrected chi connectivity index (χ4v) is 4.53. The van der Waals surface area contributed by atoms with Gasteiger partial charge in [-0.25, -0.2) is 0 Å². The number of ether oxygens (including phenoxy) is 1. The van der Waals surface area contributed by atoms with Gasteiger partial charge in [0.15, 0.2) is 0 Å². The zero-order valence-electron chi connectivity index (χ0n) is 20.0. The van der Waals surface area contributed by atoms with Crippen LogP contribution in [0.25, 0.3) is 0 Å². The molecule has 8 nitrogen and oxygen atoms in total. The fraction of sp³-hybridized carbons (Fsp3) is 0.444. The first-order valence-corrected chi connectivity index (χ1v) is 12.5. The van der Waals surface area contributed by atoms with Crippen molar-refractivity contribution in [3.63, 3.8) is 0 Å². The van der Waals surface area contributed by atoms with E-state index in [1.54, 1.807) is 48.5 Å². The number of amides is 3. The molecule has 0 spiro atoms. The second kappa shape index (κ2) is 12.4. The smallest absolute Gasteiger partial charge is 0.251 e. The lowest BCUT2D eigenvalue weighted by molar-refractivity contribution is -0.114. The second-order valence-electron chi connectivity index (χ2n) is 9.22. The van der Waals surface area contributed by atoms with E-state index in [0.29, 0.717) is 29.0 Å². The SMILES string of the molecule is O=C(CNc1cccc(C(=O)NCC2CCCO2)c1)Nc1cccc(C(=O)NC2CCCCC2)c1. The maximum atomic E-state index is 12.6. The maximum Gasteiger partial charge on any atom is 0.251 e. The molecular formula is C27H34N4O4. The molecule has 35 heavy (non-hydrogen) atoms. The molecule has 0 aromatic heterocycles. The van der Waals surface area contributed by atoms with Gasteiger partial charge in [0.2, 0.25) is 5.91 Å². The summed E-state index contributed by atoms with van der Waals surface area (Å²) in [4.78, 5) is 37.5. The highest BCUT2D eigenvalue weighted by molar-refractivity contribution is 5.98. The van der Waals surface area contributed by atoms with E-state index in [4.69, 9.17) is 4.74 Å². The number of carbonyl (C=O) groups is 3. The van der Waals surface area contributed by atoms with Gasteiger partial charge in [0.05, 0.1) is 12.6 Å². The summed E-state index contributed by atoms with van der Waals surface area (Å²) in [7, 11) is 0. The predicted molar refractivity (Wildman–Crippen MR) is 136 cm³/mol. The molecule has 0 radical (unpaired) electrons. The van der Waals surface area contributed by atoms with Crippen LogP contribution in [0.1, 0.15) is 65.7 Å². The lowest BCUT2D eigenvalue weighted by Gasteiger charge is -2.22. The molecule has 2 aliphatic rings. The van der Waals surface area contributed by atoms with Crippen molar-refractivity contribution in [3.05, 3.63) is 59.7 Å². The highest BCUT2D eigenvalue weighted by atomic mass is 16.5. The van der Waals surface area contributed by atoms with Crippen LogP contribution in [0, 0.1) is 0 Å². The quantitative estimate of drug-likeness (QED) is 0.439. The van der Waals surface area contributed by atoms with Crippen LogP contribution in [0.15, 0.2) is 48.5 Å². The van der Waals surface area contributed by atoms with Gasteiger partial charge in [0.1, 0.15) is 0 Å². The van der Waals surface area contributed by atoms with Crippen molar-refractivity contribution >= 4 is 29.1 Å². The van der Waals surface area contributed by atoms with Gasteiger partial charge in [0.25, 0.3) is 11.8 Å². The minimum Gasteiger partial charge on any atom is -0.376 e. The number of rotatable bonds is 9. The molecule has 4 rings (SSSR count). The molecule has 1 saturated carbocycles. The van der Waals surface area contributed by atoms with Crippen molar-refractivity contribution in [2.24, 2.45) is 0 Å². The molecule has 1 heterocycles. The molecule has 1 aliphatic heterocycles. The molecule has 8 heteroatoms. The number of nitrogens with one attached hydrogen (secondary N) is 4. The first kappa shape index (κ1) is 24.7. The summed E-state index contributed by atoms with van der Waals surface area (Å²) >= 11 is 0. The van der Waals surface area contributed by atoms with Crippen molar-refractivity contribution in [2.75, 3.05) is 30.3 Å². The van der Waals surface area contributed by atoms with Crippen LogP contribution in [-0.2, 0) is 9.53 Å². The van der Waals surface area contributed by atoms with E-state index in [0.717, 1.165) is 45.1 Å². The third kappa shape index (κ3) is 7.55. The van der Waals surface area contributed by atoms with Gasteiger partial charge in [-0.3, -0.25) is 14.4 Å². The van der Waals surface area contributed by atoms with Crippen molar-refractivity contribution in [2.45, 2.75) is 57.1 Å². The van der Waals surface area contributed by atoms with E-state index >= 15 is 0 Å². The van der Waals surface area contributed by atoms with Gasteiger partial charge in [-0.2, -0.15) is 0 Å². The summed E-state index contributed by atoms with van der Waals surface area (Å²) < 4.78 is 5.54. The van der Waals surface area contributed by atoms with Crippen molar-refractivity contribution in [3.8, 4) is 0 Å². The predicted octanol–water partition coefficient (Wildman–Crippen LogP) is 3.71. The van der Waals surface area contributed by atoms with Crippen molar-refractivity contribution in [1.82, 2.24) is 10.6 Å². The summed E-state index contributed by atoms with van der Waals surface area (Å²) in [5.74, 6) is -0.527. The highest BCUT2D eigenvalue weighted by Crippen LogP contribution is 2.19. The Kier molecular flexibility index (Phi) is 8.73. The van der Waals surface area contributed by atoms with Gasteiger partial charge in [-0.05, 0) is 62.1 Å². The summed E-state index contributed by atoms with van der Waals surface area (Å²) in [5, 5.41) is 11.9. The maximum absolute atomic E-state index is 12.6. The zero-order valence-corrected chi connectivity index (χ0v) is 20.0. The molecule has 2 aromatic carbocycles. The van der Waals surface area contributed by atoms with Crippen molar-refractivity contribution < 1.29 is 19.1 Å². The third-order valence-corrected chi connectivity index (χ3v) is 6.44. The summed E-state index contributed by atoms with van der Waals surface area (Å²) in [5.41, 5.74) is 2.29. The number of benzene rings is 2. The van der Waals surface area contributed by atoms with Gasteiger partial charge < -0.3 is 26.0 Å². The molecule has 3 amide bonds. The second-order valence-corrected chi connectivity index (χ2v) is 9.22. The van der Waals surface area contributed by atoms with Crippen LogP contribution >= 0.6 is 0 Å². The molecule has 1 atom stereocenters. The highest BCUT2D eigenvalue weighted by Gasteiger charge is 2.18. The van der Waals surface area contributed by atoms with E-state index < -0.39 is 0 Å². The van der Waals surface area contributed by atoms with Crippen LogP contribution in [-0.4, -0.2) is 49.6 Å². The molecule has 4 N–H and O–H groups in total. The number of hydrogen-bond acceptors (Lipinski definition) is 5. The monoisotopic (exact) mass is 478 g/mol. The van der Waals surface area contributed by atoms with Crippen LogP contribution in [0.5, 0.6) is 0 Å². The van der Waals surface area contributed by atoms with Crippen LogP contribution in [0.2, 0.25) is 0 Å². The lowest BCUT2D eigenvalue weighted by atomic mass is 9.95. The van der Waals surface area contributed by atoms with Gasteiger partial charge in [0, 0.05) is 41.7 Å². The van der Waals surface area contributed by atoms with Gasteiger partial charge >= 0.3 is 0 Å². The molecule has 1 aliphatic carbocycles. The standard InChI is InChI=1S/C27H34N4O4/c32-25(30-23-12-5-8-20(16-23)27(34)31-21-9-2-1-3-10-21)18-28-22-11-4-7-19(15-22)26(33)29-17-24-13-6-14-35-24/h4-5,7-8,11-12,15-16,21,24,28H,1-3,6,9-10,13-14,17-18H2,(H,29,33)(H,30,32)(H,31,34). The molecular weight excluding hydrogens is 444 g/mol. The minimum absolute atomic E-state index is 0.0273. The van der Waals surface area contributed by atoms with Crippen LogP contribution < -0.4 is 21.3 Å². The van der Waals surface area contributed by atoms with Crippen LogP contribution in [0.3, 0.4) is 0 Å². The van der Waals surface area contributed by atoms with Crippen molar-refractivity contribution in [1.29, 1.82) is 0 Å². The Labute approximate surface area is 206 Å². The Morgan fingerprint density at radius 3 is 2.29 bits per heavy atom. The summed E-state index contributed by atoms with van der Waals surface area (Å²) in [6.45, 7) is 1.27. The van der Waals surface area contributed by atoms with Crippen LogP contribution in [0.4, 0.5) is 11.4 Å². The van der Waals surface area contributed by atoms with E-state index in [-0.39, 0.29) is 36.4 Å². The Morgan fingerprint density at radius 2 is 1.54 bits per heavy atom. The van der Waals surface area contributed by atoms with Gasteiger partial charge in [-0.1, -0.05) is 31.4 Å². The third-order valence-electron chi connectivity index (χ3n) is 6.44. The average Bonchev–Trinajstić information content (AvgIpc) is 3.41. The Morgan fingerprint density at radius 1 is 0.829 bits per heavy atom. The molecule has 186 valence electrons. The van der Waals surface area contributed by atoms with Gasteiger partial charge in [-0.15, -0.1) is 0 Å². The Bertz CT molecular complexity index is 1030. The first-order valence-electron chi connectivity index (χ1n) is 12.5. The minimum atomic E-state index is -0.247. The Balaban J connectivity index is 1.25.